The van der Waals surface area contributed by atoms with E-state index in [1.807, 2.05) is 24.3 Å². The van der Waals surface area contributed by atoms with Crippen LogP contribution in [-0.4, -0.2) is 16.4 Å². The highest BCUT2D eigenvalue weighted by molar-refractivity contribution is 5.94. The quantitative estimate of drug-likeness (QED) is 0.843. The molecule has 2 aromatic rings. The summed E-state index contributed by atoms with van der Waals surface area (Å²) in [6.45, 7) is 5.29. The van der Waals surface area contributed by atoms with E-state index in [9.17, 15) is 14.4 Å². The third kappa shape index (κ3) is 4.35. The molecular formula is C19H23N3O3. The van der Waals surface area contributed by atoms with Crippen molar-refractivity contribution in [1.82, 2.24) is 4.57 Å². The molecule has 1 aromatic carbocycles. The van der Waals surface area contributed by atoms with Gasteiger partial charge in [0.25, 0.3) is 11.5 Å². The molecule has 1 heterocycles. The maximum absolute atomic E-state index is 12.4. The van der Waals surface area contributed by atoms with E-state index in [0.29, 0.717) is 16.9 Å². The van der Waals surface area contributed by atoms with Crippen LogP contribution >= 0.6 is 0 Å². The van der Waals surface area contributed by atoms with E-state index >= 15 is 0 Å². The summed E-state index contributed by atoms with van der Waals surface area (Å²) in [6, 6.07) is 9.28. The van der Waals surface area contributed by atoms with E-state index < -0.39 is 11.5 Å². The number of carbonyl (C=O) groups is 2. The topological polar surface area (TPSA) is 94.2 Å². The fourth-order valence-corrected chi connectivity index (χ4v) is 2.81. The number of primary amides is 1. The number of rotatable bonds is 6. The van der Waals surface area contributed by atoms with Gasteiger partial charge in [-0.15, -0.1) is 0 Å². The second-order valence-corrected chi connectivity index (χ2v) is 6.09. The number of aromatic nitrogens is 1. The number of nitrogens with one attached hydrogen (secondary N) is 1. The predicted molar refractivity (Wildman–Crippen MR) is 97.8 cm³/mol. The summed E-state index contributed by atoms with van der Waals surface area (Å²) in [5.74, 6) is -1.13. The minimum absolute atomic E-state index is 0.0812. The Morgan fingerprint density at radius 3 is 2.36 bits per heavy atom. The van der Waals surface area contributed by atoms with Gasteiger partial charge < -0.3 is 15.6 Å². The number of nitrogens with two attached hydrogens (primary N) is 1. The zero-order valence-corrected chi connectivity index (χ0v) is 14.8. The first-order valence-electron chi connectivity index (χ1n) is 8.23. The Hall–Kier alpha value is -2.89. The number of amides is 2. The number of carbonyl (C=O) groups excluding carboxylic acids is 2. The van der Waals surface area contributed by atoms with Crippen molar-refractivity contribution in [3.05, 3.63) is 63.1 Å². The van der Waals surface area contributed by atoms with Crippen LogP contribution in [0.2, 0.25) is 0 Å². The van der Waals surface area contributed by atoms with Crippen molar-refractivity contribution in [2.24, 2.45) is 5.73 Å². The van der Waals surface area contributed by atoms with Crippen molar-refractivity contribution in [3.8, 4) is 0 Å². The molecule has 0 bridgehead atoms. The van der Waals surface area contributed by atoms with Gasteiger partial charge in [0.15, 0.2) is 0 Å². The first-order valence-corrected chi connectivity index (χ1v) is 8.23. The molecule has 25 heavy (non-hydrogen) atoms. The standard InChI is InChI=1S/C19H23N3O3/c1-4-5-14-6-8-15(9-7-14)21-16(23)11-22-13(3)10-12(2)17(18(20)24)19(22)25/h6-10H,4-5,11H2,1-3H3,(H2,20,24)(H,21,23). The number of benzene rings is 1. The van der Waals surface area contributed by atoms with Gasteiger partial charge in [-0.2, -0.15) is 0 Å². The van der Waals surface area contributed by atoms with Crippen LogP contribution in [0.5, 0.6) is 0 Å². The van der Waals surface area contributed by atoms with Crippen LogP contribution in [0.15, 0.2) is 35.1 Å². The Bertz CT molecular complexity index is 851. The van der Waals surface area contributed by atoms with Crippen molar-refractivity contribution < 1.29 is 9.59 Å². The second kappa shape index (κ2) is 7.79. The number of hydrogen-bond donors (Lipinski definition) is 2. The summed E-state index contributed by atoms with van der Waals surface area (Å²) in [5, 5.41) is 2.76. The van der Waals surface area contributed by atoms with Crippen molar-refractivity contribution in [2.75, 3.05) is 5.32 Å². The molecule has 0 spiro atoms. The predicted octanol–water partition coefficient (Wildman–Crippen LogP) is 2.16. The molecule has 0 atom stereocenters. The molecule has 0 aliphatic heterocycles. The van der Waals surface area contributed by atoms with Crippen LogP contribution in [0.4, 0.5) is 5.69 Å². The van der Waals surface area contributed by atoms with Gasteiger partial charge in [-0.1, -0.05) is 25.5 Å². The molecule has 132 valence electrons. The molecule has 0 aliphatic carbocycles. The molecule has 0 saturated heterocycles. The lowest BCUT2D eigenvalue weighted by atomic mass is 10.1. The Labute approximate surface area is 146 Å². The van der Waals surface area contributed by atoms with Crippen LogP contribution < -0.4 is 16.6 Å². The maximum atomic E-state index is 12.4. The van der Waals surface area contributed by atoms with Crippen molar-refractivity contribution in [1.29, 1.82) is 0 Å². The van der Waals surface area contributed by atoms with Gasteiger partial charge in [-0.05, 0) is 49.6 Å². The monoisotopic (exact) mass is 341 g/mol. The summed E-state index contributed by atoms with van der Waals surface area (Å²) in [7, 11) is 0. The maximum Gasteiger partial charge on any atom is 0.264 e. The highest BCUT2D eigenvalue weighted by Gasteiger charge is 2.16. The molecule has 0 saturated carbocycles. The van der Waals surface area contributed by atoms with Gasteiger partial charge in [0.05, 0.1) is 0 Å². The Kier molecular flexibility index (Phi) is 5.75. The second-order valence-electron chi connectivity index (χ2n) is 6.09. The number of anilines is 1. The lowest BCUT2D eigenvalue weighted by Crippen LogP contribution is -2.35. The van der Waals surface area contributed by atoms with Gasteiger partial charge in [-0.3, -0.25) is 14.4 Å². The van der Waals surface area contributed by atoms with Crippen LogP contribution in [-0.2, 0) is 17.8 Å². The fraction of sp³-hybridized carbons (Fsp3) is 0.316. The van der Waals surface area contributed by atoms with Crippen LogP contribution in [0.1, 0.15) is 40.5 Å². The summed E-state index contributed by atoms with van der Waals surface area (Å²) in [5.41, 5.74) is 7.63. The smallest absolute Gasteiger partial charge is 0.264 e. The molecule has 6 heteroatoms. The molecule has 0 fully saturated rings. The van der Waals surface area contributed by atoms with Gasteiger partial charge in [0.1, 0.15) is 12.1 Å². The number of aryl methyl sites for hydroxylation is 3. The molecule has 2 rings (SSSR count). The molecule has 0 radical (unpaired) electrons. The Morgan fingerprint density at radius 2 is 1.80 bits per heavy atom. The number of hydrogen-bond acceptors (Lipinski definition) is 3. The lowest BCUT2D eigenvalue weighted by Gasteiger charge is -2.13. The zero-order chi connectivity index (χ0) is 18.6. The highest BCUT2D eigenvalue weighted by Crippen LogP contribution is 2.11. The summed E-state index contributed by atoms with van der Waals surface area (Å²) in [4.78, 5) is 36.2. The summed E-state index contributed by atoms with van der Waals surface area (Å²) < 4.78 is 1.26. The molecule has 1 aromatic heterocycles. The molecule has 2 amide bonds. The van der Waals surface area contributed by atoms with Crippen molar-refractivity contribution in [3.63, 3.8) is 0 Å². The van der Waals surface area contributed by atoms with E-state index in [1.54, 1.807) is 19.9 Å². The van der Waals surface area contributed by atoms with E-state index in [0.717, 1.165) is 12.8 Å². The molecule has 0 aliphatic rings. The third-order valence-electron chi connectivity index (χ3n) is 4.03. The third-order valence-corrected chi connectivity index (χ3v) is 4.03. The SMILES string of the molecule is CCCc1ccc(NC(=O)Cn2c(C)cc(C)c(C(N)=O)c2=O)cc1. The normalized spacial score (nSPS) is 10.5. The van der Waals surface area contributed by atoms with E-state index in [-0.39, 0.29) is 18.0 Å². The van der Waals surface area contributed by atoms with Crippen molar-refractivity contribution >= 4 is 17.5 Å². The number of nitrogens with zero attached hydrogens (tertiary/aromatic N) is 1. The molecular weight excluding hydrogens is 318 g/mol. The molecule has 0 unspecified atom stereocenters. The van der Waals surface area contributed by atoms with Gasteiger partial charge >= 0.3 is 0 Å². The minimum atomic E-state index is -0.789. The fourth-order valence-electron chi connectivity index (χ4n) is 2.81. The average Bonchev–Trinajstić information content (AvgIpc) is 2.53. The Morgan fingerprint density at radius 1 is 1.16 bits per heavy atom. The highest BCUT2D eigenvalue weighted by atomic mass is 16.2. The van der Waals surface area contributed by atoms with E-state index in [1.165, 1.54) is 10.1 Å². The van der Waals surface area contributed by atoms with Gasteiger partial charge in [0.2, 0.25) is 5.91 Å². The lowest BCUT2D eigenvalue weighted by molar-refractivity contribution is -0.116. The van der Waals surface area contributed by atoms with Crippen molar-refractivity contribution in [2.45, 2.75) is 40.2 Å². The zero-order valence-electron chi connectivity index (χ0n) is 14.8. The van der Waals surface area contributed by atoms with Crippen LogP contribution in [0.3, 0.4) is 0 Å². The Balaban J connectivity index is 2.19. The van der Waals surface area contributed by atoms with E-state index in [2.05, 4.69) is 12.2 Å². The molecule has 6 nitrogen and oxygen atoms in total. The van der Waals surface area contributed by atoms with E-state index in [4.69, 9.17) is 5.73 Å². The molecule has 3 N–H and O–H groups in total. The summed E-state index contributed by atoms with van der Waals surface area (Å²) in [6.07, 6.45) is 2.05. The average molecular weight is 341 g/mol. The number of pyridine rings is 1. The van der Waals surface area contributed by atoms with Crippen LogP contribution in [0, 0.1) is 13.8 Å². The van der Waals surface area contributed by atoms with Gasteiger partial charge in [0, 0.05) is 11.4 Å². The van der Waals surface area contributed by atoms with Gasteiger partial charge in [-0.25, -0.2) is 0 Å². The largest absolute Gasteiger partial charge is 0.365 e. The summed E-state index contributed by atoms with van der Waals surface area (Å²) >= 11 is 0. The first-order chi connectivity index (χ1) is 11.8. The van der Waals surface area contributed by atoms with Crippen LogP contribution in [0.25, 0.3) is 0 Å². The minimum Gasteiger partial charge on any atom is -0.365 e. The first kappa shape index (κ1) is 18.4.